The van der Waals surface area contributed by atoms with E-state index in [2.05, 4.69) is 17.2 Å². The monoisotopic (exact) mass is 314 g/mol. The summed E-state index contributed by atoms with van der Waals surface area (Å²) >= 11 is 3.56. The zero-order valence-electron chi connectivity index (χ0n) is 12.3. The molecule has 1 aliphatic rings. The van der Waals surface area contributed by atoms with Crippen LogP contribution in [0.3, 0.4) is 0 Å². The first-order valence-corrected chi connectivity index (χ1v) is 9.04. The van der Waals surface area contributed by atoms with E-state index in [1.807, 2.05) is 25.6 Å². The molecule has 0 bridgehead atoms. The molecule has 20 heavy (non-hydrogen) atoms. The minimum Gasteiger partial charge on any atom is -0.461 e. The van der Waals surface area contributed by atoms with E-state index in [1.54, 1.807) is 11.3 Å². The fourth-order valence-corrected chi connectivity index (χ4v) is 4.57. The first-order valence-electron chi connectivity index (χ1n) is 7.18. The van der Waals surface area contributed by atoms with E-state index in [4.69, 9.17) is 4.74 Å². The van der Waals surface area contributed by atoms with Gasteiger partial charge in [-0.1, -0.05) is 13.3 Å². The summed E-state index contributed by atoms with van der Waals surface area (Å²) in [5, 5.41) is 5.02. The molecule has 0 aromatic carbocycles. The molecule has 1 aliphatic carbocycles. The molecule has 1 saturated carbocycles. The van der Waals surface area contributed by atoms with Gasteiger partial charge in [0.2, 0.25) is 0 Å². The van der Waals surface area contributed by atoms with Crippen LogP contribution in [0.2, 0.25) is 0 Å². The minimum absolute atomic E-state index is 0.319. The molecule has 0 spiro atoms. The average molecular weight is 314 g/mol. The Hall–Kier alpha value is -0.750. The number of anilines is 1. The highest BCUT2D eigenvalue weighted by atomic mass is 32.2. The lowest BCUT2D eigenvalue weighted by atomic mass is 10.2. The summed E-state index contributed by atoms with van der Waals surface area (Å²) in [6.07, 6.45) is 3.72. The van der Waals surface area contributed by atoms with Gasteiger partial charge in [-0.2, -0.15) is 11.8 Å². The second-order valence-corrected chi connectivity index (χ2v) is 7.54. The topological polar surface area (TPSA) is 51.2 Å². The number of ether oxygens (including phenoxy) is 1. The van der Waals surface area contributed by atoms with E-state index in [0.717, 1.165) is 15.8 Å². The number of aromatic nitrogens is 1. The van der Waals surface area contributed by atoms with Gasteiger partial charge in [-0.05, 0) is 32.4 Å². The van der Waals surface area contributed by atoms with Crippen LogP contribution in [0.25, 0.3) is 0 Å². The standard InChI is InChI=1S/C14H22N2O2S2/c1-4-18-13(17)12-9(3)20-14(16-12)15-10-7-6-8-11(10)19-5-2/h10-11H,4-8H2,1-3H3,(H,15,16). The molecule has 0 saturated heterocycles. The highest BCUT2D eigenvalue weighted by molar-refractivity contribution is 7.99. The van der Waals surface area contributed by atoms with Gasteiger partial charge in [0.25, 0.3) is 0 Å². The van der Waals surface area contributed by atoms with Gasteiger partial charge in [0.05, 0.1) is 6.61 Å². The van der Waals surface area contributed by atoms with Crippen LogP contribution < -0.4 is 5.32 Å². The van der Waals surface area contributed by atoms with Gasteiger partial charge in [0.15, 0.2) is 10.8 Å². The van der Waals surface area contributed by atoms with Crippen molar-refractivity contribution in [3.63, 3.8) is 0 Å². The predicted molar refractivity (Wildman–Crippen MR) is 86.0 cm³/mol. The summed E-state index contributed by atoms with van der Waals surface area (Å²) in [5.74, 6) is 0.827. The van der Waals surface area contributed by atoms with Crippen LogP contribution in [0.15, 0.2) is 0 Å². The molecule has 2 rings (SSSR count). The maximum Gasteiger partial charge on any atom is 0.358 e. The van der Waals surface area contributed by atoms with Crippen molar-refractivity contribution in [2.75, 3.05) is 17.7 Å². The number of hydrogen-bond donors (Lipinski definition) is 1. The SMILES string of the molecule is CCOC(=O)c1nc(NC2CCCC2SCC)sc1C. The number of hydrogen-bond acceptors (Lipinski definition) is 6. The van der Waals surface area contributed by atoms with Gasteiger partial charge in [0, 0.05) is 16.2 Å². The quantitative estimate of drug-likeness (QED) is 0.811. The van der Waals surface area contributed by atoms with Crippen LogP contribution in [0.4, 0.5) is 5.13 Å². The maximum absolute atomic E-state index is 11.8. The van der Waals surface area contributed by atoms with Crippen LogP contribution in [0, 0.1) is 6.92 Å². The van der Waals surface area contributed by atoms with Crippen LogP contribution in [0.1, 0.15) is 48.5 Å². The van der Waals surface area contributed by atoms with Gasteiger partial charge in [-0.15, -0.1) is 11.3 Å². The van der Waals surface area contributed by atoms with Crippen molar-refractivity contribution in [2.45, 2.75) is 51.3 Å². The number of carbonyl (C=O) groups is 1. The van der Waals surface area contributed by atoms with Gasteiger partial charge in [-0.3, -0.25) is 0 Å². The fraction of sp³-hybridized carbons (Fsp3) is 0.714. The molecule has 1 aromatic heterocycles. The summed E-state index contributed by atoms with van der Waals surface area (Å²) in [5.41, 5.74) is 0.456. The van der Waals surface area contributed by atoms with Crippen molar-refractivity contribution < 1.29 is 9.53 Å². The zero-order chi connectivity index (χ0) is 14.5. The predicted octanol–water partition coefficient (Wildman–Crippen LogP) is 3.71. The number of nitrogens with zero attached hydrogens (tertiary/aromatic N) is 1. The number of rotatable bonds is 6. The summed E-state index contributed by atoms with van der Waals surface area (Å²) in [6, 6.07) is 0.473. The van der Waals surface area contributed by atoms with Crippen molar-refractivity contribution in [1.29, 1.82) is 0 Å². The molecule has 6 heteroatoms. The lowest BCUT2D eigenvalue weighted by Crippen LogP contribution is -2.26. The van der Waals surface area contributed by atoms with Gasteiger partial charge in [-0.25, -0.2) is 9.78 Å². The number of carbonyl (C=O) groups excluding carboxylic acids is 1. The Labute approximate surface area is 128 Å². The molecule has 1 aromatic rings. The third kappa shape index (κ3) is 3.67. The number of thioether (sulfide) groups is 1. The smallest absolute Gasteiger partial charge is 0.358 e. The van der Waals surface area contributed by atoms with E-state index in [9.17, 15) is 4.79 Å². The molecular weight excluding hydrogens is 292 g/mol. The maximum atomic E-state index is 11.8. The van der Waals surface area contributed by atoms with Crippen LogP contribution in [0.5, 0.6) is 0 Å². The summed E-state index contributed by atoms with van der Waals surface area (Å²) in [7, 11) is 0. The lowest BCUT2D eigenvalue weighted by Gasteiger charge is -2.19. The molecular formula is C14H22N2O2S2. The Balaban J connectivity index is 2.03. The van der Waals surface area contributed by atoms with Crippen molar-refractivity contribution in [1.82, 2.24) is 4.98 Å². The summed E-state index contributed by atoms with van der Waals surface area (Å²) in [4.78, 5) is 17.1. The van der Waals surface area contributed by atoms with Crippen LogP contribution in [-0.4, -0.2) is 34.6 Å². The first-order chi connectivity index (χ1) is 9.65. The molecule has 1 heterocycles. The number of thiazole rings is 1. The molecule has 112 valence electrons. The molecule has 0 radical (unpaired) electrons. The third-order valence-electron chi connectivity index (χ3n) is 3.41. The van der Waals surface area contributed by atoms with E-state index in [-0.39, 0.29) is 5.97 Å². The van der Waals surface area contributed by atoms with Crippen molar-refractivity contribution >= 4 is 34.2 Å². The van der Waals surface area contributed by atoms with Crippen molar-refractivity contribution in [2.24, 2.45) is 0 Å². The molecule has 0 aliphatic heterocycles. The van der Waals surface area contributed by atoms with Gasteiger partial charge in [0.1, 0.15) is 0 Å². The van der Waals surface area contributed by atoms with E-state index in [1.165, 1.54) is 19.3 Å². The lowest BCUT2D eigenvalue weighted by molar-refractivity contribution is 0.0519. The first kappa shape index (κ1) is 15.6. The van der Waals surface area contributed by atoms with E-state index < -0.39 is 0 Å². The second kappa shape index (κ2) is 7.31. The van der Waals surface area contributed by atoms with Gasteiger partial charge >= 0.3 is 5.97 Å². The van der Waals surface area contributed by atoms with Crippen molar-refractivity contribution in [3.8, 4) is 0 Å². The largest absolute Gasteiger partial charge is 0.461 e. The molecule has 1 N–H and O–H groups in total. The summed E-state index contributed by atoms with van der Waals surface area (Å²) < 4.78 is 5.03. The molecule has 2 unspecified atom stereocenters. The molecule has 4 nitrogen and oxygen atoms in total. The number of esters is 1. The van der Waals surface area contributed by atoms with E-state index in [0.29, 0.717) is 23.6 Å². The normalized spacial score (nSPS) is 21.9. The molecule has 2 atom stereocenters. The molecule has 1 fully saturated rings. The minimum atomic E-state index is -0.319. The fourth-order valence-electron chi connectivity index (χ4n) is 2.51. The highest BCUT2D eigenvalue weighted by Crippen LogP contribution is 2.33. The van der Waals surface area contributed by atoms with Crippen LogP contribution >= 0.6 is 23.1 Å². The number of nitrogens with one attached hydrogen (secondary N) is 1. The van der Waals surface area contributed by atoms with E-state index >= 15 is 0 Å². The number of aryl methyl sites for hydroxylation is 1. The Morgan fingerprint density at radius 3 is 3.00 bits per heavy atom. The highest BCUT2D eigenvalue weighted by Gasteiger charge is 2.28. The Morgan fingerprint density at radius 2 is 2.30 bits per heavy atom. The summed E-state index contributed by atoms with van der Waals surface area (Å²) in [6.45, 7) is 6.31. The molecule has 0 amide bonds. The van der Waals surface area contributed by atoms with Crippen molar-refractivity contribution in [3.05, 3.63) is 10.6 Å². The Morgan fingerprint density at radius 1 is 1.50 bits per heavy atom. The third-order valence-corrected chi connectivity index (χ3v) is 5.64. The Bertz CT molecular complexity index is 462. The average Bonchev–Trinajstić information content (AvgIpc) is 2.98. The zero-order valence-corrected chi connectivity index (χ0v) is 13.9. The second-order valence-electron chi connectivity index (χ2n) is 4.82. The Kier molecular flexibility index (Phi) is 5.72. The van der Waals surface area contributed by atoms with Crippen LogP contribution in [-0.2, 0) is 4.74 Å². The van der Waals surface area contributed by atoms with Gasteiger partial charge < -0.3 is 10.1 Å².